The zero-order valence-corrected chi connectivity index (χ0v) is 12.0. The van der Waals surface area contributed by atoms with Crippen molar-refractivity contribution < 1.29 is 9.84 Å². The molecular weight excluding hydrogens is 252 g/mol. The van der Waals surface area contributed by atoms with Gasteiger partial charge in [0.1, 0.15) is 0 Å². The highest BCUT2D eigenvalue weighted by atomic mass is 16.5. The van der Waals surface area contributed by atoms with E-state index in [1.807, 2.05) is 61.0 Å². The molecule has 20 heavy (non-hydrogen) atoms. The molecule has 0 aliphatic carbocycles. The van der Waals surface area contributed by atoms with Gasteiger partial charge in [0.05, 0.1) is 25.9 Å². The number of aromatic nitrogens is 1. The van der Waals surface area contributed by atoms with Crippen LogP contribution in [0.2, 0.25) is 0 Å². The Balaban J connectivity index is 1.69. The second-order valence-corrected chi connectivity index (χ2v) is 4.97. The zero-order valence-electron chi connectivity index (χ0n) is 12.0. The summed E-state index contributed by atoms with van der Waals surface area (Å²) in [4.78, 5) is 0. The van der Waals surface area contributed by atoms with E-state index in [4.69, 9.17) is 4.74 Å². The number of aliphatic hydroxyl groups excluding tert-OH is 1. The summed E-state index contributed by atoms with van der Waals surface area (Å²) in [6, 6.07) is 14.0. The molecule has 0 aliphatic rings. The highest BCUT2D eigenvalue weighted by Crippen LogP contribution is 2.04. The van der Waals surface area contributed by atoms with Crippen molar-refractivity contribution in [3.63, 3.8) is 0 Å². The minimum absolute atomic E-state index is 0.321. The van der Waals surface area contributed by atoms with Crippen molar-refractivity contribution in [3.05, 3.63) is 59.4 Å². The lowest BCUT2D eigenvalue weighted by Crippen LogP contribution is -2.30. The molecular formula is C16H22N2O2. The summed E-state index contributed by atoms with van der Waals surface area (Å²) in [6.45, 7) is 5.36. The maximum Gasteiger partial charge on any atom is 0.0961 e. The summed E-state index contributed by atoms with van der Waals surface area (Å²) in [6.07, 6.45) is -0.528. The van der Waals surface area contributed by atoms with E-state index in [9.17, 15) is 5.11 Å². The lowest BCUT2D eigenvalue weighted by atomic mass is 10.2. The summed E-state index contributed by atoms with van der Waals surface area (Å²) in [5.74, 6) is 0. The van der Waals surface area contributed by atoms with Crippen molar-refractivity contribution >= 4 is 0 Å². The van der Waals surface area contributed by atoms with Crippen LogP contribution in [-0.2, 0) is 11.3 Å². The first-order valence-electron chi connectivity index (χ1n) is 6.85. The van der Waals surface area contributed by atoms with Crippen LogP contribution in [0.25, 0.3) is 0 Å². The molecule has 0 spiro atoms. The standard InChI is InChI=1S/C16H22N2O2/c1-13-8-9-14(2)18(13)17-10-16(19)12-20-11-15-6-4-3-5-7-15/h3-9,16-17,19H,10-12H2,1-2H3. The molecule has 1 aromatic carbocycles. The van der Waals surface area contributed by atoms with Crippen molar-refractivity contribution in [1.29, 1.82) is 0 Å². The average Bonchev–Trinajstić information content (AvgIpc) is 2.77. The van der Waals surface area contributed by atoms with Gasteiger partial charge in [0, 0.05) is 11.4 Å². The van der Waals surface area contributed by atoms with Gasteiger partial charge in [-0.15, -0.1) is 0 Å². The van der Waals surface area contributed by atoms with Crippen molar-refractivity contribution in [2.24, 2.45) is 0 Å². The van der Waals surface area contributed by atoms with Gasteiger partial charge in [0.25, 0.3) is 0 Å². The van der Waals surface area contributed by atoms with Crippen molar-refractivity contribution in [3.8, 4) is 0 Å². The van der Waals surface area contributed by atoms with Crippen molar-refractivity contribution in [2.75, 3.05) is 18.6 Å². The Bertz CT molecular complexity index is 503. The van der Waals surface area contributed by atoms with Gasteiger partial charge in [-0.1, -0.05) is 30.3 Å². The van der Waals surface area contributed by atoms with Gasteiger partial charge in [0.15, 0.2) is 0 Å². The fraction of sp³-hybridized carbons (Fsp3) is 0.375. The lowest BCUT2D eigenvalue weighted by molar-refractivity contribution is 0.0336. The molecule has 1 atom stereocenters. The zero-order chi connectivity index (χ0) is 14.4. The number of aryl methyl sites for hydroxylation is 2. The van der Waals surface area contributed by atoms with Gasteiger partial charge < -0.3 is 15.3 Å². The van der Waals surface area contributed by atoms with E-state index < -0.39 is 6.10 Å². The van der Waals surface area contributed by atoms with E-state index in [1.165, 1.54) is 0 Å². The predicted octanol–water partition coefficient (Wildman–Crippen LogP) is 2.23. The SMILES string of the molecule is Cc1ccc(C)n1NCC(O)COCc1ccccc1. The largest absolute Gasteiger partial charge is 0.389 e. The van der Waals surface area contributed by atoms with Crippen molar-refractivity contribution in [1.82, 2.24) is 4.68 Å². The summed E-state index contributed by atoms with van der Waals surface area (Å²) >= 11 is 0. The number of benzene rings is 1. The van der Waals surface area contributed by atoms with Gasteiger partial charge in [-0.3, -0.25) is 4.68 Å². The number of aliphatic hydroxyl groups is 1. The number of nitrogens with one attached hydrogen (secondary N) is 1. The number of hydrogen-bond donors (Lipinski definition) is 2. The first-order valence-corrected chi connectivity index (χ1v) is 6.85. The first-order chi connectivity index (χ1) is 9.66. The molecule has 4 nitrogen and oxygen atoms in total. The van der Waals surface area contributed by atoms with Gasteiger partial charge in [-0.05, 0) is 31.5 Å². The molecule has 4 heteroatoms. The van der Waals surface area contributed by atoms with Gasteiger partial charge in [-0.2, -0.15) is 0 Å². The lowest BCUT2D eigenvalue weighted by Gasteiger charge is -2.16. The van der Waals surface area contributed by atoms with Crippen LogP contribution in [0.4, 0.5) is 0 Å². The third kappa shape index (κ3) is 4.11. The predicted molar refractivity (Wildman–Crippen MR) is 80.2 cm³/mol. The number of ether oxygens (including phenoxy) is 1. The molecule has 0 bridgehead atoms. The Morgan fingerprint density at radius 3 is 2.40 bits per heavy atom. The minimum Gasteiger partial charge on any atom is -0.389 e. The van der Waals surface area contributed by atoms with E-state index in [0.29, 0.717) is 19.8 Å². The van der Waals surface area contributed by atoms with Gasteiger partial charge >= 0.3 is 0 Å². The Hall–Kier alpha value is -1.78. The first kappa shape index (κ1) is 14.6. The smallest absolute Gasteiger partial charge is 0.0961 e. The number of rotatable bonds is 7. The average molecular weight is 274 g/mol. The fourth-order valence-electron chi connectivity index (χ4n) is 2.06. The van der Waals surface area contributed by atoms with Crippen LogP contribution in [0, 0.1) is 13.8 Å². The molecule has 2 aromatic rings. The number of hydrogen-bond acceptors (Lipinski definition) is 3. The maximum absolute atomic E-state index is 9.91. The Morgan fingerprint density at radius 2 is 1.75 bits per heavy atom. The second-order valence-electron chi connectivity index (χ2n) is 4.97. The Morgan fingerprint density at radius 1 is 1.10 bits per heavy atom. The molecule has 1 unspecified atom stereocenters. The van der Waals surface area contributed by atoms with E-state index in [2.05, 4.69) is 5.43 Å². The molecule has 0 radical (unpaired) electrons. The highest BCUT2D eigenvalue weighted by molar-refractivity contribution is 5.15. The molecule has 0 saturated carbocycles. The topological polar surface area (TPSA) is 46.4 Å². The van der Waals surface area contributed by atoms with Crippen LogP contribution >= 0.6 is 0 Å². The van der Waals surface area contributed by atoms with Crippen LogP contribution in [0.15, 0.2) is 42.5 Å². The summed E-state index contributed by atoms with van der Waals surface area (Å²) in [7, 11) is 0. The third-order valence-corrected chi connectivity index (χ3v) is 3.18. The summed E-state index contributed by atoms with van der Waals surface area (Å²) in [5, 5.41) is 9.91. The normalized spacial score (nSPS) is 12.3. The molecule has 1 aromatic heterocycles. The van der Waals surface area contributed by atoms with Gasteiger partial charge in [0.2, 0.25) is 0 Å². The van der Waals surface area contributed by atoms with Crippen LogP contribution in [0.5, 0.6) is 0 Å². The molecule has 0 aliphatic heterocycles. The monoisotopic (exact) mass is 274 g/mol. The second kappa shape index (κ2) is 7.12. The van der Waals surface area contributed by atoms with E-state index in [-0.39, 0.29) is 0 Å². The Kier molecular flexibility index (Phi) is 5.21. The van der Waals surface area contributed by atoms with E-state index in [0.717, 1.165) is 17.0 Å². The van der Waals surface area contributed by atoms with E-state index >= 15 is 0 Å². The van der Waals surface area contributed by atoms with Crippen LogP contribution in [-0.4, -0.2) is 29.0 Å². The quantitative estimate of drug-likeness (QED) is 0.814. The fourth-order valence-corrected chi connectivity index (χ4v) is 2.06. The molecule has 2 rings (SSSR count). The van der Waals surface area contributed by atoms with Crippen molar-refractivity contribution in [2.45, 2.75) is 26.6 Å². The van der Waals surface area contributed by atoms with E-state index in [1.54, 1.807) is 0 Å². The Labute approximate surface area is 120 Å². The molecule has 1 heterocycles. The van der Waals surface area contributed by atoms with Gasteiger partial charge in [-0.25, -0.2) is 0 Å². The highest BCUT2D eigenvalue weighted by Gasteiger charge is 2.06. The molecule has 0 amide bonds. The molecule has 108 valence electrons. The molecule has 0 fully saturated rings. The van der Waals surface area contributed by atoms with Crippen LogP contribution in [0.1, 0.15) is 17.0 Å². The minimum atomic E-state index is -0.528. The summed E-state index contributed by atoms with van der Waals surface area (Å²) < 4.78 is 7.49. The summed E-state index contributed by atoms with van der Waals surface area (Å²) in [5.41, 5.74) is 6.56. The third-order valence-electron chi connectivity index (χ3n) is 3.18. The van der Waals surface area contributed by atoms with Crippen LogP contribution in [0.3, 0.4) is 0 Å². The van der Waals surface area contributed by atoms with Crippen LogP contribution < -0.4 is 5.43 Å². The maximum atomic E-state index is 9.91. The number of nitrogens with zero attached hydrogens (tertiary/aromatic N) is 1. The molecule has 0 saturated heterocycles. The molecule has 2 N–H and O–H groups in total.